The molecule has 2 aliphatic rings. The van der Waals surface area contributed by atoms with Gasteiger partial charge in [0.05, 0.1) is 6.54 Å². The molecule has 1 aliphatic heterocycles. The van der Waals surface area contributed by atoms with E-state index in [0.717, 1.165) is 42.5 Å². The standard InChI is InChI=1S/C29H34N4O2/c1-29(28(35)31-24-14-8-3-2-4-9-15-24)21-32-25(23-12-6-5-7-13-23)16-17-26(32)27(34)33(29)20-22-11-10-18-30-19-22/h5-7,10-13,16-19,24H,2-4,8-9,14-15,20-21H2,1H3,(H,31,35)/t29-/m0/s1. The van der Waals surface area contributed by atoms with Crippen molar-refractivity contribution >= 4 is 11.8 Å². The van der Waals surface area contributed by atoms with Gasteiger partial charge in [-0.1, -0.05) is 68.5 Å². The Bertz CT molecular complexity index is 1170. The van der Waals surface area contributed by atoms with E-state index in [1.165, 1.54) is 19.3 Å². The molecular formula is C29H34N4O2. The Balaban J connectivity index is 1.50. The van der Waals surface area contributed by atoms with E-state index in [2.05, 4.69) is 10.3 Å². The van der Waals surface area contributed by atoms with Crippen LogP contribution in [-0.2, 0) is 17.9 Å². The smallest absolute Gasteiger partial charge is 0.271 e. The predicted octanol–water partition coefficient (Wildman–Crippen LogP) is 5.19. The second-order valence-electron chi connectivity index (χ2n) is 10.1. The highest BCUT2D eigenvalue weighted by molar-refractivity contribution is 6.00. The van der Waals surface area contributed by atoms with Gasteiger partial charge in [0.25, 0.3) is 5.91 Å². The Kier molecular flexibility index (Phi) is 6.71. The summed E-state index contributed by atoms with van der Waals surface area (Å²) >= 11 is 0. The molecule has 0 radical (unpaired) electrons. The minimum Gasteiger partial charge on any atom is -0.351 e. The molecule has 6 heteroatoms. The summed E-state index contributed by atoms with van der Waals surface area (Å²) in [5.41, 5.74) is 2.50. The number of pyridine rings is 1. The first kappa shape index (κ1) is 23.3. The first-order valence-corrected chi connectivity index (χ1v) is 12.8. The van der Waals surface area contributed by atoms with Crippen LogP contribution in [0.15, 0.2) is 67.0 Å². The van der Waals surface area contributed by atoms with Gasteiger partial charge in [-0.2, -0.15) is 0 Å². The summed E-state index contributed by atoms with van der Waals surface area (Å²) in [4.78, 5) is 33.8. The van der Waals surface area contributed by atoms with Gasteiger partial charge in [0, 0.05) is 30.7 Å². The van der Waals surface area contributed by atoms with E-state index < -0.39 is 5.54 Å². The normalized spacial score (nSPS) is 21.2. The Labute approximate surface area is 207 Å². The Morgan fingerprint density at radius 3 is 2.40 bits per heavy atom. The fourth-order valence-electron chi connectivity index (χ4n) is 5.50. The van der Waals surface area contributed by atoms with Crippen molar-refractivity contribution in [2.24, 2.45) is 0 Å². The predicted molar refractivity (Wildman–Crippen MR) is 137 cm³/mol. The molecule has 1 atom stereocenters. The molecule has 1 N–H and O–H groups in total. The van der Waals surface area contributed by atoms with E-state index in [1.807, 2.05) is 66.1 Å². The lowest BCUT2D eigenvalue weighted by Gasteiger charge is -2.45. The van der Waals surface area contributed by atoms with Crippen LogP contribution in [0.2, 0.25) is 0 Å². The lowest BCUT2D eigenvalue weighted by molar-refractivity contribution is -0.134. The van der Waals surface area contributed by atoms with Crippen LogP contribution in [0.4, 0.5) is 0 Å². The topological polar surface area (TPSA) is 67.2 Å². The van der Waals surface area contributed by atoms with Crippen molar-refractivity contribution in [3.63, 3.8) is 0 Å². The monoisotopic (exact) mass is 470 g/mol. The summed E-state index contributed by atoms with van der Waals surface area (Å²) in [7, 11) is 0. The molecule has 3 heterocycles. The average molecular weight is 471 g/mol. The van der Waals surface area contributed by atoms with Crippen LogP contribution in [0.25, 0.3) is 11.3 Å². The second kappa shape index (κ2) is 10.1. The highest BCUT2D eigenvalue weighted by atomic mass is 16.2. The molecule has 0 spiro atoms. The SMILES string of the molecule is C[C@@]1(C(=O)NC2CCCCCCC2)Cn2c(ccc2-c2ccccc2)C(=O)N1Cc1cccnc1. The number of benzene rings is 1. The first-order valence-electron chi connectivity index (χ1n) is 12.8. The molecule has 35 heavy (non-hydrogen) atoms. The summed E-state index contributed by atoms with van der Waals surface area (Å²) in [6, 6.07) is 17.9. The fourth-order valence-corrected chi connectivity index (χ4v) is 5.50. The maximum atomic E-state index is 14.0. The van der Waals surface area contributed by atoms with Crippen LogP contribution >= 0.6 is 0 Å². The molecule has 2 amide bonds. The third kappa shape index (κ3) is 4.75. The van der Waals surface area contributed by atoms with Crippen LogP contribution in [0, 0.1) is 0 Å². The van der Waals surface area contributed by atoms with Crippen molar-refractivity contribution in [1.29, 1.82) is 0 Å². The molecule has 1 aromatic carbocycles. The highest BCUT2D eigenvalue weighted by Crippen LogP contribution is 2.34. The van der Waals surface area contributed by atoms with Crippen LogP contribution < -0.4 is 5.32 Å². The van der Waals surface area contributed by atoms with Crippen LogP contribution in [0.3, 0.4) is 0 Å². The molecule has 1 aliphatic carbocycles. The summed E-state index contributed by atoms with van der Waals surface area (Å²) in [5, 5.41) is 3.35. The van der Waals surface area contributed by atoms with Gasteiger partial charge in [0.15, 0.2) is 0 Å². The number of hydrogen-bond acceptors (Lipinski definition) is 3. The number of rotatable bonds is 5. The van der Waals surface area contributed by atoms with Crippen molar-refractivity contribution in [3.05, 3.63) is 78.2 Å². The number of nitrogens with zero attached hydrogens (tertiary/aromatic N) is 3. The summed E-state index contributed by atoms with van der Waals surface area (Å²) in [6.45, 7) is 2.66. The summed E-state index contributed by atoms with van der Waals surface area (Å²) < 4.78 is 2.02. The third-order valence-corrected chi connectivity index (χ3v) is 7.57. The van der Waals surface area contributed by atoms with Crippen LogP contribution in [0.5, 0.6) is 0 Å². The van der Waals surface area contributed by atoms with Crippen molar-refractivity contribution in [3.8, 4) is 11.3 Å². The van der Waals surface area contributed by atoms with Gasteiger partial charge >= 0.3 is 0 Å². The van der Waals surface area contributed by atoms with E-state index >= 15 is 0 Å². The largest absolute Gasteiger partial charge is 0.351 e. The maximum absolute atomic E-state index is 14.0. The number of aromatic nitrogens is 2. The van der Waals surface area contributed by atoms with Gasteiger partial charge in [-0.25, -0.2) is 0 Å². The lowest BCUT2D eigenvalue weighted by atomic mass is 9.91. The molecule has 0 unspecified atom stereocenters. The molecule has 0 saturated heterocycles. The van der Waals surface area contributed by atoms with Crippen molar-refractivity contribution in [1.82, 2.24) is 19.8 Å². The van der Waals surface area contributed by atoms with Gasteiger partial charge in [0.2, 0.25) is 5.91 Å². The molecular weight excluding hydrogens is 436 g/mol. The van der Waals surface area contributed by atoms with E-state index in [9.17, 15) is 9.59 Å². The van der Waals surface area contributed by atoms with Crippen molar-refractivity contribution in [2.75, 3.05) is 0 Å². The Hall–Kier alpha value is -3.41. The quantitative estimate of drug-likeness (QED) is 0.558. The van der Waals surface area contributed by atoms with Gasteiger partial charge < -0.3 is 14.8 Å². The molecule has 1 fully saturated rings. The molecule has 5 rings (SSSR count). The summed E-state index contributed by atoms with van der Waals surface area (Å²) in [5.74, 6) is -0.198. The zero-order valence-corrected chi connectivity index (χ0v) is 20.5. The van der Waals surface area contributed by atoms with Crippen molar-refractivity contribution in [2.45, 2.75) is 76.5 Å². The molecule has 6 nitrogen and oxygen atoms in total. The van der Waals surface area contributed by atoms with Gasteiger partial charge in [-0.3, -0.25) is 14.6 Å². The molecule has 1 saturated carbocycles. The van der Waals surface area contributed by atoms with E-state index in [0.29, 0.717) is 18.8 Å². The number of carbonyl (C=O) groups excluding carboxylic acids is 2. The minimum absolute atomic E-state index is 0.0707. The third-order valence-electron chi connectivity index (χ3n) is 7.57. The van der Waals surface area contributed by atoms with Crippen LogP contribution in [0.1, 0.15) is 67.9 Å². The molecule has 0 bridgehead atoms. The average Bonchev–Trinajstić information content (AvgIpc) is 3.28. The number of hydrogen-bond donors (Lipinski definition) is 1. The maximum Gasteiger partial charge on any atom is 0.271 e. The van der Waals surface area contributed by atoms with Gasteiger partial charge in [0.1, 0.15) is 11.2 Å². The number of nitrogens with one attached hydrogen (secondary N) is 1. The van der Waals surface area contributed by atoms with Gasteiger partial charge in [-0.05, 0) is 49.1 Å². The van der Waals surface area contributed by atoms with Crippen LogP contribution in [-0.4, -0.2) is 37.8 Å². The molecule has 2 aromatic heterocycles. The zero-order chi connectivity index (χ0) is 24.3. The first-order chi connectivity index (χ1) is 17.1. The van der Waals surface area contributed by atoms with Crippen molar-refractivity contribution < 1.29 is 9.59 Å². The summed E-state index contributed by atoms with van der Waals surface area (Å²) in [6.07, 6.45) is 11.5. The number of carbonyl (C=O) groups is 2. The molecule has 182 valence electrons. The lowest BCUT2D eigenvalue weighted by Crippen LogP contribution is -2.64. The van der Waals surface area contributed by atoms with E-state index in [1.54, 1.807) is 17.3 Å². The molecule has 3 aromatic rings. The van der Waals surface area contributed by atoms with E-state index in [-0.39, 0.29) is 17.9 Å². The second-order valence-corrected chi connectivity index (χ2v) is 10.1. The minimum atomic E-state index is -1.02. The van der Waals surface area contributed by atoms with Gasteiger partial charge in [-0.15, -0.1) is 0 Å². The Morgan fingerprint density at radius 1 is 0.971 bits per heavy atom. The Morgan fingerprint density at radius 2 is 1.69 bits per heavy atom. The number of amides is 2. The zero-order valence-electron chi connectivity index (χ0n) is 20.5. The van der Waals surface area contributed by atoms with E-state index in [4.69, 9.17) is 0 Å². The highest BCUT2D eigenvalue weighted by Gasteiger charge is 2.48. The number of fused-ring (bicyclic) bond motifs is 1. The fraction of sp³-hybridized carbons (Fsp3) is 0.414.